The molecule has 6 heteroatoms. The molecule has 0 aromatic heterocycles. The molecule has 0 aliphatic carbocycles. The number of hydrogen-bond acceptors (Lipinski definition) is 4. The van der Waals surface area contributed by atoms with Crippen molar-refractivity contribution in [3.8, 4) is 0 Å². The molecule has 174 valence electrons. The summed E-state index contributed by atoms with van der Waals surface area (Å²) in [6.45, 7) is 5.73. The Balaban J connectivity index is 1.55. The molecule has 1 fully saturated rings. The number of carbonyl (C=O) groups excluding carboxylic acids is 1. The van der Waals surface area contributed by atoms with Crippen LogP contribution in [-0.4, -0.2) is 46.3 Å². The Labute approximate surface area is 195 Å². The van der Waals surface area contributed by atoms with Gasteiger partial charge in [0.1, 0.15) is 11.7 Å². The first-order valence-corrected chi connectivity index (χ1v) is 11.8. The van der Waals surface area contributed by atoms with Crippen LogP contribution in [0.5, 0.6) is 0 Å². The Kier molecular flexibility index (Phi) is 7.11. The van der Waals surface area contributed by atoms with Gasteiger partial charge in [-0.1, -0.05) is 55.8 Å². The van der Waals surface area contributed by atoms with Crippen LogP contribution in [0, 0.1) is 5.82 Å². The van der Waals surface area contributed by atoms with Crippen molar-refractivity contribution in [2.45, 2.75) is 51.5 Å². The largest absolute Gasteiger partial charge is 0.493 e. The van der Waals surface area contributed by atoms with Crippen LogP contribution in [0.25, 0.3) is 0 Å². The van der Waals surface area contributed by atoms with Crippen molar-refractivity contribution in [3.05, 3.63) is 83.0 Å². The number of hydrogen-bond donors (Lipinski definition) is 1. The lowest BCUT2D eigenvalue weighted by Gasteiger charge is -2.36. The molecule has 0 saturated carbocycles. The molecule has 4 rings (SSSR count). The van der Waals surface area contributed by atoms with Crippen molar-refractivity contribution in [3.63, 3.8) is 0 Å². The lowest BCUT2D eigenvalue weighted by atomic mass is 9.99. The fraction of sp³-hybridized carbons (Fsp3) is 0.407. The van der Waals surface area contributed by atoms with E-state index < -0.39 is 0 Å². The molecular weight excluding hydrogens is 417 g/mol. The zero-order chi connectivity index (χ0) is 23.4. The van der Waals surface area contributed by atoms with Gasteiger partial charge in [0.05, 0.1) is 18.2 Å². The van der Waals surface area contributed by atoms with E-state index in [2.05, 4.69) is 28.9 Å². The number of amidine groups is 1. The second-order valence-corrected chi connectivity index (χ2v) is 8.94. The number of aliphatic imine (C=N–C) groups is 1. The van der Waals surface area contributed by atoms with E-state index in [4.69, 9.17) is 0 Å². The van der Waals surface area contributed by atoms with Crippen molar-refractivity contribution in [1.82, 2.24) is 9.80 Å². The number of amides is 1. The summed E-state index contributed by atoms with van der Waals surface area (Å²) in [6, 6.07) is 16.6. The first-order chi connectivity index (χ1) is 16.0. The zero-order valence-corrected chi connectivity index (χ0v) is 19.4. The van der Waals surface area contributed by atoms with Gasteiger partial charge in [-0.25, -0.2) is 9.38 Å². The van der Waals surface area contributed by atoms with Crippen LogP contribution >= 0.6 is 0 Å². The minimum Gasteiger partial charge on any atom is -0.493 e. The monoisotopic (exact) mass is 449 g/mol. The third-order valence-corrected chi connectivity index (χ3v) is 6.74. The maximum absolute atomic E-state index is 13.5. The van der Waals surface area contributed by atoms with Gasteiger partial charge >= 0.3 is 0 Å². The molecule has 5 nitrogen and oxygen atoms in total. The highest BCUT2D eigenvalue weighted by molar-refractivity contribution is 5.97. The van der Waals surface area contributed by atoms with E-state index in [1.54, 1.807) is 12.1 Å². The van der Waals surface area contributed by atoms with E-state index in [1.165, 1.54) is 17.7 Å². The Hall–Kier alpha value is -3.15. The normalized spacial score (nSPS) is 19.6. The van der Waals surface area contributed by atoms with Crippen LogP contribution in [0.1, 0.15) is 62.6 Å². The fourth-order valence-electron chi connectivity index (χ4n) is 4.70. The van der Waals surface area contributed by atoms with Gasteiger partial charge in [-0.3, -0.25) is 4.79 Å². The van der Waals surface area contributed by atoms with Crippen LogP contribution in [-0.2, 0) is 4.79 Å². The SMILES string of the molecule is CCCCC1=NC(O)=C(C(=O)N2CC[C@@H](c3ccccc3)C2)CN1C(C)c1ccc(F)cc1. The molecule has 1 N–H and O–H groups in total. The molecular formula is C27H32FN3O2. The smallest absolute Gasteiger partial charge is 0.257 e. The molecule has 0 spiro atoms. The Bertz CT molecular complexity index is 1030. The van der Waals surface area contributed by atoms with Gasteiger partial charge in [-0.05, 0) is 43.0 Å². The summed E-state index contributed by atoms with van der Waals surface area (Å²) < 4.78 is 13.5. The highest BCUT2D eigenvalue weighted by Crippen LogP contribution is 2.31. The highest BCUT2D eigenvalue weighted by atomic mass is 19.1. The first kappa shape index (κ1) is 23.0. The first-order valence-electron chi connectivity index (χ1n) is 11.8. The minimum absolute atomic E-state index is 0.104. The second-order valence-electron chi connectivity index (χ2n) is 8.94. The summed E-state index contributed by atoms with van der Waals surface area (Å²) in [5.74, 6) is 0.475. The van der Waals surface area contributed by atoms with Gasteiger partial charge in [0.25, 0.3) is 5.91 Å². The zero-order valence-electron chi connectivity index (χ0n) is 19.4. The summed E-state index contributed by atoms with van der Waals surface area (Å²) in [5, 5.41) is 10.7. The van der Waals surface area contributed by atoms with Crippen molar-refractivity contribution in [2.24, 2.45) is 4.99 Å². The van der Waals surface area contributed by atoms with Gasteiger partial charge in [-0.15, -0.1) is 0 Å². The van der Waals surface area contributed by atoms with Gasteiger partial charge in [-0.2, -0.15) is 0 Å². The number of aliphatic hydroxyl groups excluding tert-OH is 1. The minimum atomic E-state index is -0.278. The van der Waals surface area contributed by atoms with Crippen molar-refractivity contribution >= 4 is 11.7 Å². The lowest BCUT2D eigenvalue weighted by molar-refractivity contribution is -0.126. The summed E-state index contributed by atoms with van der Waals surface area (Å²) in [4.78, 5) is 21.8. The molecule has 2 aromatic carbocycles. The topological polar surface area (TPSA) is 56.1 Å². The Morgan fingerprint density at radius 3 is 2.61 bits per heavy atom. The molecule has 1 unspecified atom stereocenters. The van der Waals surface area contributed by atoms with E-state index >= 15 is 0 Å². The van der Waals surface area contributed by atoms with Crippen LogP contribution in [0.3, 0.4) is 0 Å². The molecule has 0 radical (unpaired) electrons. The predicted molar refractivity (Wildman–Crippen MR) is 129 cm³/mol. The van der Waals surface area contributed by atoms with E-state index in [1.807, 2.05) is 30.0 Å². The lowest BCUT2D eigenvalue weighted by Crippen LogP contribution is -2.42. The molecule has 33 heavy (non-hydrogen) atoms. The Morgan fingerprint density at radius 2 is 1.91 bits per heavy atom. The number of unbranched alkanes of at least 4 members (excludes halogenated alkanes) is 1. The highest BCUT2D eigenvalue weighted by Gasteiger charge is 2.34. The maximum atomic E-state index is 13.5. The molecule has 1 amide bonds. The number of carbonyl (C=O) groups is 1. The fourth-order valence-corrected chi connectivity index (χ4v) is 4.70. The third-order valence-electron chi connectivity index (χ3n) is 6.74. The summed E-state index contributed by atoms with van der Waals surface area (Å²) in [6.07, 6.45) is 3.56. The van der Waals surface area contributed by atoms with Crippen LogP contribution in [0.15, 0.2) is 71.0 Å². The summed E-state index contributed by atoms with van der Waals surface area (Å²) in [5.41, 5.74) is 2.51. The molecule has 2 aliphatic heterocycles. The van der Waals surface area contributed by atoms with Gasteiger partial charge in [0.2, 0.25) is 5.88 Å². The number of benzene rings is 2. The molecule has 0 bridgehead atoms. The molecule has 2 heterocycles. The second kappa shape index (κ2) is 10.2. The third kappa shape index (κ3) is 5.10. The van der Waals surface area contributed by atoms with E-state index in [0.717, 1.165) is 30.7 Å². The Morgan fingerprint density at radius 1 is 1.18 bits per heavy atom. The van der Waals surface area contributed by atoms with E-state index in [0.29, 0.717) is 31.0 Å². The van der Waals surface area contributed by atoms with E-state index in [9.17, 15) is 14.3 Å². The molecule has 2 aromatic rings. The summed E-state index contributed by atoms with van der Waals surface area (Å²) >= 11 is 0. The van der Waals surface area contributed by atoms with E-state index in [-0.39, 0.29) is 30.2 Å². The van der Waals surface area contributed by atoms with Gasteiger partial charge < -0.3 is 14.9 Å². The maximum Gasteiger partial charge on any atom is 0.257 e. The number of aliphatic hydroxyl groups is 1. The average Bonchev–Trinajstić information content (AvgIpc) is 3.33. The quantitative estimate of drug-likeness (QED) is 0.601. The predicted octanol–water partition coefficient (Wildman–Crippen LogP) is 5.58. The molecule has 2 atom stereocenters. The summed E-state index contributed by atoms with van der Waals surface area (Å²) in [7, 11) is 0. The van der Waals surface area contributed by atoms with Gasteiger partial charge in [0, 0.05) is 25.4 Å². The van der Waals surface area contributed by atoms with Crippen molar-refractivity contribution in [1.29, 1.82) is 0 Å². The van der Waals surface area contributed by atoms with Crippen molar-refractivity contribution < 1.29 is 14.3 Å². The number of halogens is 1. The molecule has 2 aliphatic rings. The molecule has 1 saturated heterocycles. The number of rotatable bonds is 7. The average molecular weight is 450 g/mol. The number of nitrogens with zero attached hydrogens (tertiary/aromatic N) is 3. The standard InChI is InChI=1S/C27H32FN3O2/c1-3-4-10-25-29-26(32)24(18-31(25)19(2)20-11-13-23(28)14-12-20)27(33)30-16-15-22(17-30)21-8-6-5-7-9-21/h5-9,11-14,19,22,32H,3-4,10,15-18H2,1-2H3/t19?,22-/m1/s1. The number of likely N-dealkylation sites (tertiary alicyclic amines) is 1. The van der Waals surface area contributed by atoms with Crippen molar-refractivity contribution in [2.75, 3.05) is 19.6 Å². The van der Waals surface area contributed by atoms with Crippen LogP contribution < -0.4 is 0 Å². The van der Waals surface area contributed by atoms with Crippen LogP contribution in [0.4, 0.5) is 4.39 Å². The van der Waals surface area contributed by atoms with Crippen LogP contribution in [0.2, 0.25) is 0 Å². The van der Waals surface area contributed by atoms with Gasteiger partial charge in [0.15, 0.2) is 0 Å².